The van der Waals surface area contributed by atoms with E-state index in [2.05, 4.69) is 15.8 Å². The van der Waals surface area contributed by atoms with E-state index in [9.17, 15) is 19.2 Å². The van der Waals surface area contributed by atoms with Gasteiger partial charge in [0.2, 0.25) is 5.91 Å². The largest absolute Gasteiger partial charge is 0.497 e. The molecule has 0 aliphatic carbocycles. The number of benzene rings is 1. The summed E-state index contributed by atoms with van der Waals surface area (Å²) in [7, 11) is 1.57. The summed E-state index contributed by atoms with van der Waals surface area (Å²) in [5, 5.41) is 5.98. The zero-order chi connectivity index (χ0) is 25.5. The number of rotatable bonds is 8. The van der Waals surface area contributed by atoms with Gasteiger partial charge in [0.05, 0.1) is 17.7 Å². The van der Waals surface area contributed by atoms with Crippen molar-refractivity contribution in [2.24, 2.45) is 0 Å². The molecule has 0 spiro atoms. The fourth-order valence-corrected chi connectivity index (χ4v) is 5.51. The molecule has 11 heteroatoms. The summed E-state index contributed by atoms with van der Waals surface area (Å²) in [5.41, 5.74) is 6.06. The standard InChI is InChI=1S/C25H26N4O5S2/c1-34-19-4-2-16(3-5-19)21(30)6-7-22(31)29-11-8-17(9-12-29)25-26-20(15-36-25)24(33)28-27-23(32)18-10-13-35-14-18/h2-5,10,13-15,17H,6-9,11-12H2,1H3,(H,27,32)(H,28,33). The smallest absolute Gasteiger partial charge is 0.289 e. The zero-order valence-electron chi connectivity index (χ0n) is 19.7. The number of carbonyl (C=O) groups excluding carboxylic acids is 4. The number of hydrogen-bond donors (Lipinski definition) is 2. The summed E-state index contributed by atoms with van der Waals surface area (Å²) in [6.45, 7) is 1.16. The Bertz CT molecular complexity index is 1220. The maximum atomic E-state index is 12.6. The Morgan fingerprint density at radius 3 is 2.36 bits per heavy atom. The number of likely N-dealkylation sites (tertiary alicyclic amines) is 1. The first-order valence-corrected chi connectivity index (χ1v) is 13.3. The third kappa shape index (κ3) is 6.35. The number of ketones is 1. The molecule has 0 bridgehead atoms. The van der Waals surface area contributed by atoms with Gasteiger partial charge in [0.25, 0.3) is 11.8 Å². The van der Waals surface area contributed by atoms with Gasteiger partial charge in [0.15, 0.2) is 5.78 Å². The van der Waals surface area contributed by atoms with Crippen molar-refractivity contribution in [3.8, 4) is 5.75 Å². The van der Waals surface area contributed by atoms with Crippen molar-refractivity contribution in [3.63, 3.8) is 0 Å². The first kappa shape index (κ1) is 25.5. The van der Waals surface area contributed by atoms with Crippen molar-refractivity contribution in [3.05, 3.63) is 68.3 Å². The Balaban J connectivity index is 1.21. The minimum atomic E-state index is -0.477. The average molecular weight is 527 g/mol. The van der Waals surface area contributed by atoms with Crippen molar-refractivity contribution in [1.29, 1.82) is 0 Å². The maximum Gasteiger partial charge on any atom is 0.289 e. The van der Waals surface area contributed by atoms with E-state index in [4.69, 9.17) is 4.74 Å². The molecule has 0 unspecified atom stereocenters. The second-order valence-corrected chi connectivity index (χ2v) is 9.97. The number of hydrazine groups is 1. The van der Waals surface area contributed by atoms with Crippen molar-refractivity contribution in [2.75, 3.05) is 20.2 Å². The quantitative estimate of drug-likeness (QED) is 0.342. The van der Waals surface area contributed by atoms with E-state index in [1.807, 2.05) is 0 Å². The Morgan fingerprint density at radius 2 is 1.69 bits per heavy atom. The van der Waals surface area contributed by atoms with Gasteiger partial charge >= 0.3 is 0 Å². The molecular formula is C25H26N4O5S2. The van der Waals surface area contributed by atoms with Crippen molar-refractivity contribution >= 4 is 46.2 Å². The van der Waals surface area contributed by atoms with Gasteiger partial charge in [-0.1, -0.05) is 0 Å². The summed E-state index contributed by atoms with van der Waals surface area (Å²) < 4.78 is 5.10. The second-order valence-electron chi connectivity index (χ2n) is 8.30. The van der Waals surface area contributed by atoms with Crippen LogP contribution in [0, 0.1) is 0 Å². The average Bonchev–Trinajstić information content (AvgIpc) is 3.63. The lowest BCUT2D eigenvalue weighted by molar-refractivity contribution is -0.132. The molecule has 0 saturated carbocycles. The molecular weight excluding hydrogens is 500 g/mol. The summed E-state index contributed by atoms with van der Waals surface area (Å²) >= 11 is 2.80. The van der Waals surface area contributed by atoms with Crippen LogP contribution in [-0.4, -0.2) is 53.6 Å². The number of thiophene rings is 1. The molecule has 1 saturated heterocycles. The number of Topliss-reactive ketones (excluding diaryl/α,β-unsaturated/α-hetero) is 1. The van der Waals surface area contributed by atoms with Gasteiger partial charge in [0.1, 0.15) is 11.4 Å². The normalized spacial score (nSPS) is 13.8. The number of piperidine rings is 1. The highest BCUT2D eigenvalue weighted by atomic mass is 32.1. The molecule has 4 rings (SSSR count). The van der Waals surface area contributed by atoms with Gasteiger partial charge in [-0.15, -0.1) is 11.3 Å². The van der Waals surface area contributed by atoms with Crippen LogP contribution in [0.3, 0.4) is 0 Å². The minimum Gasteiger partial charge on any atom is -0.497 e. The molecule has 1 aliphatic rings. The lowest BCUT2D eigenvalue weighted by atomic mass is 9.97. The van der Waals surface area contributed by atoms with Crippen LogP contribution in [0.15, 0.2) is 46.5 Å². The number of carbonyl (C=O) groups is 4. The molecule has 1 fully saturated rings. The van der Waals surface area contributed by atoms with Crippen LogP contribution >= 0.6 is 22.7 Å². The van der Waals surface area contributed by atoms with Crippen LogP contribution in [0.5, 0.6) is 5.75 Å². The number of methoxy groups -OCH3 is 1. The van der Waals surface area contributed by atoms with Crippen LogP contribution in [0.4, 0.5) is 0 Å². The summed E-state index contributed by atoms with van der Waals surface area (Å²) in [6.07, 6.45) is 1.82. The molecule has 2 N–H and O–H groups in total. The predicted octanol–water partition coefficient (Wildman–Crippen LogP) is 3.66. The molecule has 188 valence electrons. The molecule has 1 aromatic carbocycles. The molecule has 3 heterocycles. The van der Waals surface area contributed by atoms with E-state index in [0.29, 0.717) is 30.0 Å². The highest BCUT2D eigenvalue weighted by Crippen LogP contribution is 2.30. The van der Waals surface area contributed by atoms with Crippen LogP contribution < -0.4 is 15.6 Å². The lowest BCUT2D eigenvalue weighted by Crippen LogP contribution is -2.41. The van der Waals surface area contributed by atoms with E-state index in [0.717, 1.165) is 17.8 Å². The second kappa shape index (κ2) is 11.9. The lowest BCUT2D eigenvalue weighted by Gasteiger charge is -2.31. The monoisotopic (exact) mass is 526 g/mol. The van der Waals surface area contributed by atoms with Gasteiger partial charge in [-0.25, -0.2) is 4.98 Å². The van der Waals surface area contributed by atoms with E-state index in [-0.39, 0.29) is 42.1 Å². The van der Waals surface area contributed by atoms with Gasteiger partial charge in [-0.05, 0) is 48.6 Å². The number of thiazole rings is 1. The highest BCUT2D eigenvalue weighted by molar-refractivity contribution is 7.10. The maximum absolute atomic E-state index is 12.6. The van der Waals surface area contributed by atoms with E-state index < -0.39 is 5.91 Å². The zero-order valence-corrected chi connectivity index (χ0v) is 21.3. The summed E-state index contributed by atoms with van der Waals surface area (Å²) in [6, 6.07) is 8.54. The Morgan fingerprint density at radius 1 is 0.972 bits per heavy atom. The van der Waals surface area contributed by atoms with E-state index in [1.165, 1.54) is 22.7 Å². The highest BCUT2D eigenvalue weighted by Gasteiger charge is 2.26. The first-order valence-electron chi connectivity index (χ1n) is 11.5. The fourth-order valence-electron chi connectivity index (χ4n) is 3.90. The van der Waals surface area contributed by atoms with Gasteiger partial charge in [0, 0.05) is 48.2 Å². The molecule has 36 heavy (non-hydrogen) atoms. The van der Waals surface area contributed by atoms with Gasteiger partial charge in [-0.3, -0.25) is 30.0 Å². The van der Waals surface area contributed by atoms with Crippen molar-refractivity contribution in [1.82, 2.24) is 20.7 Å². The third-order valence-electron chi connectivity index (χ3n) is 6.00. The number of nitrogens with zero attached hydrogens (tertiary/aromatic N) is 2. The molecule has 0 radical (unpaired) electrons. The Kier molecular flexibility index (Phi) is 8.44. The molecule has 3 amide bonds. The topological polar surface area (TPSA) is 118 Å². The number of ether oxygens (including phenoxy) is 1. The summed E-state index contributed by atoms with van der Waals surface area (Å²) in [4.78, 5) is 55.6. The van der Waals surface area contributed by atoms with Crippen molar-refractivity contribution < 1.29 is 23.9 Å². The number of hydrogen-bond acceptors (Lipinski definition) is 8. The van der Waals surface area contributed by atoms with Crippen LogP contribution in [0.25, 0.3) is 0 Å². The Hall–Kier alpha value is -3.57. The molecule has 2 aromatic heterocycles. The number of amides is 3. The van der Waals surface area contributed by atoms with Crippen LogP contribution in [0.1, 0.15) is 67.8 Å². The molecule has 3 aromatic rings. The number of aromatic nitrogens is 1. The van der Waals surface area contributed by atoms with Crippen molar-refractivity contribution in [2.45, 2.75) is 31.6 Å². The molecule has 0 atom stereocenters. The molecule has 1 aliphatic heterocycles. The van der Waals surface area contributed by atoms with Gasteiger partial charge < -0.3 is 9.64 Å². The van der Waals surface area contributed by atoms with Crippen LogP contribution in [-0.2, 0) is 4.79 Å². The fraction of sp³-hybridized carbons (Fsp3) is 0.320. The first-order chi connectivity index (χ1) is 17.4. The summed E-state index contributed by atoms with van der Waals surface area (Å²) in [5.74, 6) is -0.129. The SMILES string of the molecule is COc1ccc(C(=O)CCC(=O)N2CCC(c3nc(C(=O)NNC(=O)c4ccsc4)cs3)CC2)cc1. The van der Waals surface area contributed by atoms with E-state index >= 15 is 0 Å². The Labute approximate surface area is 216 Å². The van der Waals surface area contributed by atoms with Gasteiger partial charge in [-0.2, -0.15) is 11.3 Å². The number of nitrogens with one attached hydrogen (secondary N) is 2. The predicted molar refractivity (Wildman–Crippen MR) is 136 cm³/mol. The van der Waals surface area contributed by atoms with Crippen LogP contribution in [0.2, 0.25) is 0 Å². The van der Waals surface area contributed by atoms with E-state index in [1.54, 1.807) is 58.5 Å². The minimum absolute atomic E-state index is 0.0316. The molecule has 9 nitrogen and oxygen atoms in total. The third-order valence-corrected chi connectivity index (χ3v) is 7.69.